The number of rotatable bonds is 3. The van der Waals surface area contributed by atoms with E-state index < -0.39 is 0 Å². The standard InChI is InChI=1S/C9H13N3/c1-3-4-11-9-5-8(10)7(2)6-12-9/h3,5-6H,1,4H2,2H3,(H3,10,11,12). The second kappa shape index (κ2) is 3.76. The highest BCUT2D eigenvalue weighted by molar-refractivity contribution is 5.53. The number of hydrogen-bond donors (Lipinski definition) is 2. The van der Waals surface area contributed by atoms with Gasteiger partial charge in [-0.1, -0.05) is 6.08 Å². The summed E-state index contributed by atoms with van der Waals surface area (Å²) in [5.41, 5.74) is 7.45. The SMILES string of the molecule is C=CCNc1cc(N)c(C)cn1. The van der Waals surface area contributed by atoms with E-state index >= 15 is 0 Å². The molecule has 1 rings (SSSR count). The van der Waals surface area contributed by atoms with Crippen LogP contribution in [0, 0.1) is 6.92 Å². The Kier molecular flexibility index (Phi) is 2.69. The number of nitrogens with two attached hydrogens (primary N) is 1. The molecule has 0 atom stereocenters. The van der Waals surface area contributed by atoms with Crippen LogP contribution >= 0.6 is 0 Å². The number of pyridine rings is 1. The maximum absolute atomic E-state index is 5.69. The van der Waals surface area contributed by atoms with Gasteiger partial charge in [-0.2, -0.15) is 0 Å². The van der Waals surface area contributed by atoms with Crippen LogP contribution < -0.4 is 11.1 Å². The molecular weight excluding hydrogens is 150 g/mol. The summed E-state index contributed by atoms with van der Waals surface area (Å²) in [4.78, 5) is 4.14. The van der Waals surface area contributed by atoms with Gasteiger partial charge >= 0.3 is 0 Å². The van der Waals surface area contributed by atoms with Gasteiger partial charge in [0.25, 0.3) is 0 Å². The Morgan fingerprint density at radius 2 is 2.50 bits per heavy atom. The van der Waals surface area contributed by atoms with E-state index in [2.05, 4.69) is 16.9 Å². The summed E-state index contributed by atoms with van der Waals surface area (Å²) in [6.45, 7) is 6.23. The maximum Gasteiger partial charge on any atom is 0.128 e. The van der Waals surface area contributed by atoms with Crippen molar-refractivity contribution in [1.82, 2.24) is 4.98 Å². The van der Waals surface area contributed by atoms with Gasteiger partial charge in [0.15, 0.2) is 0 Å². The highest BCUT2D eigenvalue weighted by Crippen LogP contribution is 2.12. The molecule has 12 heavy (non-hydrogen) atoms. The molecule has 0 aliphatic rings. The Morgan fingerprint density at radius 1 is 1.75 bits per heavy atom. The Hall–Kier alpha value is -1.51. The number of nitrogens with one attached hydrogen (secondary N) is 1. The largest absolute Gasteiger partial charge is 0.398 e. The molecule has 0 spiro atoms. The van der Waals surface area contributed by atoms with Gasteiger partial charge in [0.1, 0.15) is 5.82 Å². The van der Waals surface area contributed by atoms with Gasteiger partial charge in [-0.25, -0.2) is 4.98 Å². The first-order chi connectivity index (χ1) is 5.74. The number of anilines is 2. The van der Waals surface area contributed by atoms with Crippen molar-refractivity contribution in [3.05, 3.63) is 30.5 Å². The topological polar surface area (TPSA) is 50.9 Å². The van der Waals surface area contributed by atoms with Crippen LogP contribution in [-0.2, 0) is 0 Å². The number of aromatic nitrogens is 1. The average Bonchev–Trinajstić information content (AvgIpc) is 2.07. The minimum absolute atomic E-state index is 0.704. The Labute approximate surface area is 72.3 Å². The fourth-order valence-electron chi connectivity index (χ4n) is 0.813. The van der Waals surface area contributed by atoms with Crippen LogP contribution in [0.1, 0.15) is 5.56 Å². The van der Waals surface area contributed by atoms with Gasteiger partial charge < -0.3 is 11.1 Å². The van der Waals surface area contributed by atoms with Gasteiger partial charge in [-0.15, -0.1) is 6.58 Å². The van der Waals surface area contributed by atoms with Gasteiger partial charge in [-0.3, -0.25) is 0 Å². The van der Waals surface area contributed by atoms with E-state index in [1.807, 2.05) is 13.0 Å². The lowest BCUT2D eigenvalue weighted by atomic mass is 10.2. The van der Waals surface area contributed by atoms with E-state index in [0.29, 0.717) is 6.54 Å². The second-order valence-electron chi connectivity index (χ2n) is 2.60. The predicted molar refractivity (Wildman–Crippen MR) is 52.1 cm³/mol. The third-order valence-electron chi connectivity index (χ3n) is 1.57. The molecule has 0 radical (unpaired) electrons. The minimum Gasteiger partial charge on any atom is -0.398 e. The van der Waals surface area contributed by atoms with Crippen LogP contribution in [0.25, 0.3) is 0 Å². The number of nitrogens with zero attached hydrogens (tertiary/aromatic N) is 1. The van der Waals surface area contributed by atoms with E-state index in [-0.39, 0.29) is 0 Å². The molecule has 0 saturated heterocycles. The van der Waals surface area contributed by atoms with Gasteiger partial charge in [0.2, 0.25) is 0 Å². The van der Waals surface area contributed by atoms with Crippen molar-refractivity contribution >= 4 is 11.5 Å². The lowest BCUT2D eigenvalue weighted by molar-refractivity contribution is 1.21. The van der Waals surface area contributed by atoms with Gasteiger partial charge in [0.05, 0.1) is 0 Å². The predicted octanol–water partition coefficient (Wildman–Crippen LogP) is 1.57. The second-order valence-corrected chi connectivity index (χ2v) is 2.60. The highest BCUT2D eigenvalue weighted by Gasteiger charge is 1.95. The average molecular weight is 163 g/mol. The molecule has 64 valence electrons. The zero-order valence-electron chi connectivity index (χ0n) is 7.17. The molecule has 0 saturated carbocycles. The van der Waals surface area contributed by atoms with Crippen LogP contribution in [0.2, 0.25) is 0 Å². The van der Waals surface area contributed by atoms with Crippen molar-refractivity contribution in [3.63, 3.8) is 0 Å². The van der Waals surface area contributed by atoms with E-state index in [9.17, 15) is 0 Å². The quantitative estimate of drug-likeness (QED) is 0.665. The summed E-state index contributed by atoms with van der Waals surface area (Å²) >= 11 is 0. The first-order valence-electron chi connectivity index (χ1n) is 3.81. The van der Waals surface area contributed by atoms with Crippen LogP contribution in [0.5, 0.6) is 0 Å². The van der Waals surface area contributed by atoms with Crippen LogP contribution in [0.15, 0.2) is 24.9 Å². The molecule has 1 aromatic heterocycles. The molecule has 0 amide bonds. The molecule has 3 N–H and O–H groups in total. The molecule has 0 bridgehead atoms. The number of aryl methyl sites for hydroxylation is 1. The lowest BCUT2D eigenvalue weighted by Gasteiger charge is -2.04. The van der Waals surface area contributed by atoms with Crippen molar-refractivity contribution < 1.29 is 0 Å². The normalized spacial score (nSPS) is 9.42. The lowest BCUT2D eigenvalue weighted by Crippen LogP contribution is -2.01. The number of nitrogen functional groups attached to an aromatic ring is 1. The fraction of sp³-hybridized carbons (Fsp3) is 0.222. The molecule has 0 aromatic carbocycles. The fourth-order valence-corrected chi connectivity index (χ4v) is 0.813. The zero-order valence-corrected chi connectivity index (χ0v) is 7.17. The summed E-state index contributed by atoms with van der Waals surface area (Å²) in [5, 5.41) is 3.05. The van der Waals surface area contributed by atoms with Crippen LogP contribution in [-0.4, -0.2) is 11.5 Å². The van der Waals surface area contributed by atoms with Crippen molar-refractivity contribution in [1.29, 1.82) is 0 Å². The highest BCUT2D eigenvalue weighted by atomic mass is 15.0. The molecule has 0 unspecified atom stereocenters. The summed E-state index contributed by atoms with van der Waals surface area (Å²) in [6.07, 6.45) is 3.53. The third kappa shape index (κ3) is 1.99. The minimum atomic E-state index is 0.704. The molecular formula is C9H13N3. The Morgan fingerprint density at radius 3 is 3.08 bits per heavy atom. The third-order valence-corrected chi connectivity index (χ3v) is 1.57. The van der Waals surface area contributed by atoms with E-state index in [1.54, 1.807) is 12.3 Å². The molecule has 1 heterocycles. The van der Waals surface area contributed by atoms with E-state index in [1.165, 1.54) is 0 Å². The van der Waals surface area contributed by atoms with Crippen LogP contribution in [0.3, 0.4) is 0 Å². The summed E-state index contributed by atoms with van der Waals surface area (Å²) in [5.74, 6) is 0.790. The molecule has 3 heteroatoms. The van der Waals surface area contributed by atoms with Crippen molar-refractivity contribution in [3.8, 4) is 0 Å². The monoisotopic (exact) mass is 163 g/mol. The number of hydrogen-bond acceptors (Lipinski definition) is 3. The molecule has 1 aromatic rings. The summed E-state index contributed by atoms with van der Waals surface area (Å²) in [6, 6.07) is 1.82. The van der Waals surface area contributed by atoms with Gasteiger partial charge in [0, 0.05) is 24.5 Å². The molecule has 0 aliphatic heterocycles. The van der Waals surface area contributed by atoms with E-state index in [4.69, 9.17) is 5.73 Å². The van der Waals surface area contributed by atoms with E-state index in [0.717, 1.165) is 17.1 Å². The molecule has 0 aliphatic carbocycles. The first-order valence-corrected chi connectivity index (χ1v) is 3.81. The van der Waals surface area contributed by atoms with Crippen molar-refractivity contribution in [2.24, 2.45) is 0 Å². The van der Waals surface area contributed by atoms with Crippen molar-refractivity contribution in [2.45, 2.75) is 6.92 Å². The zero-order chi connectivity index (χ0) is 8.97. The van der Waals surface area contributed by atoms with Crippen LogP contribution in [0.4, 0.5) is 11.5 Å². The van der Waals surface area contributed by atoms with Gasteiger partial charge in [-0.05, 0) is 12.5 Å². The Balaban J connectivity index is 2.75. The van der Waals surface area contributed by atoms with Crippen molar-refractivity contribution in [2.75, 3.05) is 17.6 Å². The Bertz CT molecular complexity index is 281. The molecule has 3 nitrogen and oxygen atoms in total. The summed E-state index contributed by atoms with van der Waals surface area (Å²) < 4.78 is 0. The molecule has 0 fully saturated rings. The first kappa shape index (κ1) is 8.59. The smallest absolute Gasteiger partial charge is 0.128 e. The summed E-state index contributed by atoms with van der Waals surface area (Å²) in [7, 11) is 0. The maximum atomic E-state index is 5.69.